The molecule has 3 aromatic rings. The Morgan fingerprint density at radius 2 is 2.35 bits per heavy atom. The summed E-state index contributed by atoms with van der Waals surface area (Å²) in [5.74, 6) is 1.00. The molecule has 0 radical (unpaired) electrons. The Labute approximate surface area is 133 Å². The molecule has 4 N–H and O–H groups in total. The Morgan fingerprint density at radius 3 is 3.17 bits per heavy atom. The first-order chi connectivity index (χ1) is 11.2. The Bertz CT molecular complexity index is 852. The standard InChI is InChI=1S/C16H19N7/c1-10-2-3-15-14(4-10)11(6-18-15)8-23-9-13(21-22-23)5-12-7-19-16(17)20-12/h2-3,6-7,9-10,18H,4-5,8H2,1H3,(H3,17,19,20). The molecule has 0 aliphatic heterocycles. The largest absolute Gasteiger partial charge is 0.369 e. The molecule has 23 heavy (non-hydrogen) atoms. The molecule has 0 spiro atoms. The third-order valence-electron chi connectivity index (χ3n) is 4.17. The van der Waals surface area contributed by atoms with Crippen molar-refractivity contribution in [3.63, 3.8) is 0 Å². The molecule has 118 valence electrons. The Kier molecular flexibility index (Phi) is 3.25. The number of allylic oxidation sites excluding steroid dienone is 1. The predicted molar refractivity (Wildman–Crippen MR) is 87.6 cm³/mol. The average molecular weight is 309 g/mol. The minimum absolute atomic E-state index is 0.425. The molecule has 1 aliphatic carbocycles. The van der Waals surface area contributed by atoms with Gasteiger partial charge in [-0.2, -0.15) is 0 Å². The van der Waals surface area contributed by atoms with Crippen LogP contribution in [-0.4, -0.2) is 29.9 Å². The number of anilines is 1. The molecule has 0 saturated carbocycles. The fraction of sp³-hybridized carbons (Fsp3) is 0.312. The lowest BCUT2D eigenvalue weighted by molar-refractivity contribution is 0.638. The van der Waals surface area contributed by atoms with Crippen LogP contribution in [0.15, 0.2) is 24.7 Å². The molecule has 7 nitrogen and oxygen atoms in total. The van der Waals surface area contributed by atoms with Crippen molar-refractivity contribution in [2.45, 2.75) is 26.3 Å². The second-order valence-electron chi connectivity index (χ2n) is 6.12. The zero-order chi connectivity index (χ0) is 15.8. The minimum Gasteiger partial charge on any atom is -0.369 e. The van der Waals surface area contributed by atoms with E-state index in [1.54, 1.807) is 6.20 Å². The number of H-pyrrole nitrogens is 2. The summed E-state index contributed by atoms with van der Waals surface area (Å²) >= 11 is 0. The highest BCUT2D eigenvalue weighted by atomic mass is 15.4. The highest BCUT2D eigenvalue weighted by molar-refractivity contribution is 5.55. The van der Waals surface area contributed by atoms with Gasteiger partial charge in [0.25, 0.3) is 0 Å². The molecule has 0 amide bonds. The number of nitrogen functional groups attached to an aromatic ring is 1. The lowest BCUT2D eigenvalue weighted by Crippen LogP contribution is -2.07. The summed E-state index contributed by atoms with van der Waals surface area (Å²) in [5.41, 5.74) is 11.3. The first-order valence-corrected chi connectivity index (χ1v) is 7.73. The maximum atomic E-state index is 5.59. The van der Waals surface area contributed by atoms with Crippen LogP contribution in [-0.2, 0) is 19.4 Å². The molecule has 1 atom stereocenters. The van der Waals surface area contributed by atoms with E-state index in [1.807, 2.05) is 10.9 Å². The lowest BCUT2D eigenvalue weighted by atomic mass is 9.93. The van der Waals surface area contributed by atoms with Gasteiger partial charge in [-0.05, 0) is 29.5 Å². The van der Waals surface area contributed by atoms with Gasteiger partial charge in [0.05, 0.1) is 18.4 Å². The number of fused-ring (bicyclic) bond motifs is 1. The highest BCUT2D eigenvalue weighted by Crippen LogP contribution is 2.25. The van der Waals surface area contributed by atoms with Gasteiger partial charge < -0.3 is 15.7 Å². The van der Waals surface area contributed by atoms with Crippen LogP contribution in [0.3, 0.4) is 0 Å². The predicted octanol–water partition coefficient (Wildman–Crippen LogP) is 1.76. The number of nitrogens with two attached hydrogens (primary N) is 1. The normalized spacial score (nSPS) is 16.7. The summed E-state index contributed by atoms with van der Waals surface area (Å²) < 4.78 is 1.88. The first kappa shape index (κ1) is 13.8. The van der Waals surface area contributed by atoms with Crippen LogP contribution in [0.2, 0.25) is 0 Å². The van der Waals surface area contributed by atoms with Gasteiger partial charge in [-0.3, -0.25) is 0 Å². The third kappa shape index (κ3) is 2.77. The van der Waals surface area contributed by atoms with E-state index in [4.69, 9.17) is 5.73 Å². The van der Waals surface area contributed by atoms with Crippen LogP contribution in [0.25, 0.3) is 6.08 Å². The highest BCUT2D eigenvalue weighted by Gasteiger charge is 2.16. The SMILES string of the molecule is CC1C=Cc2[nH]cc(Cn3cc(Cc4cnc(N)[nH]4)nn3)c2C1. The van der Waals surface area contributed by atoms with E-state index >= 15 is 0 Å². The third-order valence-corrected chi connectivity index (χ3v) is 4.17. The zero-order valence-corrected chi connectivity index (χ0v) is 13.0. The van der Waals surface area contributed by atoms with Gasteiger partial charge >= 0.3 is 0 Å². The van der Waals surface area contributed by atoms with Crippen molar-refractivity contribution >= 4 is 12.0 Å². The number of hydrogen-bond acceptors (Lipinski definition) is 4. The summed E-state index contributed by atoms with van der Waals surface area (Å²) in [6.07, 6.45) is 11.9. The molecule has 7 heteroatoms. The summed E-state index contributed by atoms with van der Waals surface area (Å²) in [6, 6.07) is 0. The van der Waals surface area contributed by atoms with Crippen molar-refractivity contribution in [1.82, 2.24) is 29.9 Å². The Balaban J connectivity index is 1.50. The molecule has 0 fully saturated rings. The van der Waals surface area contributed by atoms with Crippen LogP contribution >= 0.6 is 0 Å². The maximum absolute atomic E-state index is 5.59. The van der Waals surface area contributed by atoms with Gasteiger partial charge in [-0.1, -0.05) is 18.2 Å². The van der Waals surface area contributed by atoms with Crippen molar-refractivity contribution in [2.75, 3.05) is 5.73 Å². The van der Waals surface area contributed by atoms with Gasteiger partial charge in [-0.15, -0.1) is 5.10 Å². The molecule has 3 aromatic heterocycles. The van der Waals surface area contributed by atoms with E-state index in [9.17, 15) is 0 Å². The summed E-state index contributed by atoms with van der Waals surface area (Å²) in [7, 11) is 0. The monoisotopic (exact) mass is 309 g/mol. The van der Waals surface area contributed by atoms with E-state index < -0.39 is 0 Å². The smallest absolute Gasteiger partial charge is 0.197 e. The van der Waals surface area contributed by atoms with Gasteiger partial charge in [-0.25, -0.2) is 9.67 Å². The maximum Gasteiger partial charge on any atom is 0.197 e. The van der Waals surface area contributed by atoms with Crippen molar-refractivity contribution < 1.29 is 0 Å². The van der Waals surface area contributed by atoms with Gasteiger partial charge in [0, 0.05) is 30.2 Å². The number of nitrogens with zero attached hydrogens (tertiary/aromatic N) is 4. The molecule has 3 heterocycles. The second-order valence-corrected chi connectivity index (χ2v) is 6.12. The Hall–Kier alpha value is -2.83. The molecule has 0 aromatic carbocycles. The molecular weight excluding hydrogens is 290 g/mol. The van der Waals surface area contributed by atoms with E-state index in [0.717, 1.165) is 24.4 Å². The molecule has 4 rings (SSSR count). The molecular formula is C16H19N7. The average Bonchev–Trinajstić information content (AvgIpc) is 3.22. The molecule has 0 saturated heterocycles. The van der Waals surface area contributed by atoms with E-state index in [0.29, 0.717) is 18.3 Å². The summed E-state index contributed by atoms with van der Waals surface area (Å²) in [6.45, 7) is 2.96. The fourth-order valence-electron chi connectivity index (χ4n) is 3.03. The molecule has 1 unspecified atom stereocenters. The Morgan fingerprint density at radius 1 is 1.43 bits per heavy atom. The van der Waals surface area contributed by atoms with Crippen LogP contribution in [0.1, 0.15) is 35.1 Å². The molecule has 0 bridgehead atoms. The summed E-state index contributed by atoms with van der Waals surface area (Å²) in [4.78, 5) is 10.3. The number of aromatic nitrogens is 6. The van der Waals surface area contributed by atoms with E-state index in [1.165, 1.54) is 16.8 Å². The summed E-state index contributed by atoms with van der Waals surface area (Å²) in [5, 5.41) is 8.46. The minimum atomic E-state index is 0.425. The van der Waals surface area contributed by atoms with Crippen LogP contribution in [0.4, 0.5) is 5.95 Å². The lowest BCUT2D eigenvalue weighted by Gasteiger charge is -2.13. The number of rotatable bonds is 4. The number of imidazole rings is 1. The zero-order valence-electron chi connectivity index (χ0n) is 13.0. The van der Waals surface area contributed by atoms with E-state index in [-0.39, 0.29) is 0 Å². The van der Waals surface area contributed by atoms with Gasteiger partial charge in [0.2, 0.25) is 0 Å². The number of nitrogens with one attached hydrogen (secondary N) is 2. The van der Waals surface area contributed by atoms with Crippen molar-refractivity contribution in [3.8, 4) is 0 Å². The first-order valence-electron chi connectivity index (χ1n) is 7.73. The number of aromatic amines is 2. The van der Waals surface area contributed by atoms with Crippen LogP contribution in [0, 0.1) is 5.92 Å². The van der Waals surface area contributed by atoms with Crippen LogP contribution < -0.4 is 5.73 Å². The van der Waals surface area contributed by atoms with Crippen molar-refractivity contribution in [3.05, 3.63) is 52.9 Å². The fourth-order valence-corrected chi connectivity index (χ4v) is 3.03. The van der Waals surface area contributed by atoms with Gasteiger partial charge in [0.15, 0.2) is 5.95 Å². The van der Waals surface area contributed by atoms with Crippen LogP contribution in [0.5, 0.6) is 0 Å². The molecule has 1 aliphatic rings. The second kappa shape index (κ2) is 5.42. The number of hydrogen-bond donors (Lipinski definition) is 3. The topological polar surface area (TPSA) is 101 Å². The van der Waals surface area contributed by atoms with Gasteiger partial charge in [0.1, 0.15) is 0 Å². The van der Waals surface area contributed by atoms with Crippen molar-refractivity contribution in [1.29, 1.82) is 0 Å². The quantitative estimate of drug-likeness (QED) is 0.683. The van der Waals surface area contributed by atoms with E-state index in [2.05, 4.69) is 50.5 Å². The van der Waals surface area contributed by atoms with Crippen molar-refractivity contribution in [2.24, 2.45) is 5.92 Å².